The molecule has 0 spiro atoms. The molecule has 2 aliphatic heterocycles. The Morgan fingerprint density at radius 2 is 0.908 bits per heavy atom. The van der Waals surface area contributed by atoms with Gasteiger partial charge in [-0.3, -0.25) is 14.4 Å². The van der Waals surface area contributed by atoms with Gasteiger partial charge < -0.3 is 47.4 Å². The molecule has 2 saturated heterocycles. The van der Waals surface area contributed by atoms with Crippen LogP contribution in [0.2, 0.25) is 0 Å². The van der Waals surface area contributed by atoms with Gasteiger partial charge in [0, 0.05) is 20.8 Å². The molecule has 10 atom stereocenters. The summed E-state index contributed by atoms with van der Waals surface area (Å²) in [6.45, 7) is 4.37. The maximum atomic E-state index is 14.0. The largest absolute Gasteiger partial charge is 0.463 e. The van der Waals surface area contributed by atoms with Gasteiger partial charge >= 0.3 is 35.8 Å². The molecular weight excluding hydrogens is 865 g/mol. The normalized spacial score (nSPS) is 25.0. The van der Waals surface area contributed by atoms with Crippen LogP contribution in [0.4, 0.5) is 0 Å². The molecule has 4 aromatic carbocycles. The van der Waals surface area contributed by atoms with Gasteiger partial charge in [0.1, 0.15) is 30.4 Å². The highest BCUT2D eigenvalue weighted by Gasteiger charge is 2.55. The van der Waals surface area contributed by atoms with E-state index < -0.39 is 110 Å². The van der Waals surface area contributed by atoms with Crippen LogP contribution < -0.4 is 0 Å². The van der Waals surface area contributed by atoms with Crippen LogP contribution in [0.1, 0.15) is 64.3 Å². The zero-order valence-corrected chi connectivity index (χ0v) is 36.9. The lowest BCUT2D eigenvalue weighted by Gasteiger charge is -2.46. The Morgan fingerprint density at radius 3 is 1.40 bits per heavy atom. The number of hydrogen-bond donors (Lipinski definition) is 0. The van der Waals surface area contributed by atoms with E-state index in [1.54, 1.807) is 103 Å². The lowest BCUT2D eigenvalue weighted by molar-refractivity contribution is -0.323. The van der Waals surface area contributed by atoms with Crippen molar-refractivity contribution < 1.29 is 76.1 Å². The van der Waals surface area contributed by atoms with Gasteiger partial charge in [-0.25, -0.2) is 14.4 Å². The van der Waals surface area contributed by atoms with Crippen molar-refractivity contribution in [2.75, 3.05) is 19.0 Å². The van der Waals surface area contributed by atoms with E-state index in [4.69, 9.17) is 47.4 Å². The van der Waals surface area contributed by atoms with E-state index in [0.29, 0.717) is 5.75 Å². The Bertz CT molecular complexity index is 2190. The average Bonchev–Trinajstić information content (AvgIpc) is 3.30. The Labute approximate surface area is 380 Å². The number of carbonyl (C=O) groups excluding carboxylic acids is 6. The van der Waals surface area contributed by atoms with E-state index in [-0.39, 0.29) is 23.3 Å². The van der Waals surface area contributed by atoms with Crippen LogP contribution in [0.5, 0.6) is 0 Å². The zero-order chi connectivity index (χ0) is 46.3. The first-order valence-electron chi connectivity index (χ1n) is 20.9. The van der Waals surface area contributed by atoms with Crippen LogP contribution in [0.15, 0.2) is 121 Å². The predicted molar refractivity (Wildman–Crippen MR) is 231 cm³/mol. The van der Waals surface area contributed by atoms with Crippen molar-refractivity contribution in [1.82, 2.24) is 0 Å². The fraction of sp³-hybridized carbons (Fsp3) is 0.375. The predicted octanol–water partition coefficient (Wildman–Crippen LogP) is 5.89. The molecule has 65 heavy (non-hydrogen) atoms. The lowest BCUT2D eigenvalue weighted by Crippen LogP contribution is -2.64. The third-order valence-electron chi connectivity index (χ3n) is 10.0. The molecule has 0 aromatic heterocycles. The Kier molecular flexibility index (Phi) is 17.6. The van der Waals surface area contributed by atoms with Gasteiger partial charge in [0.25, 0.3) is 0 Å². The topological polar surface area (TPSA) is 195 Å². The van der Waals surface area contributed by atoms with Crippen molar-refractivity contribution in [3.05, 3.63) is 144 Å². The summed E-state index contributed by atoms with van der Waals surface area (Å²) in [5.41, 5.74) is 0.221. The maximum absolute atomic E-state index is 14.0. The zero-order valence-electron chi connectivity index (χ0n) is 36.1. The number of thioether (sulfide) groups is 1. The highest BCUT2D eigenvalue weighted by Crippen LogP contribution is 2.37. The lowest BCUT2D eigenvalue weighted by atomic mass is 9.97. The molecule has 2 heterocycles. The van der Waals surface area contributed by atoms with Gasteiger partial charge in [0.2, 0.25) is 0 Å². The highest BCUT2D eigenvalue weighted by molar-refractivity contribution is 7.99. The number of hydrogen-bond acceptors (Lipinski definition) is 17. The minimum atomic E-state index is -1.51. The molecule has 344 valence electrons. The van der Waals surface area contributed by atoms with Crippen LogP contribution in [0.3, 0.4) is 0 Å². The fourth-order valence-corrected chi connectivity index (χ4v) is 8.10. The summed E-state index contributed by atoms with van der Waals surface area (Å²) in [7, 11) is 0. The number of ether oxygens (including phenoxy) is 10. The molecule has 0 amide bonds. The van der Waals surface area contributed by atoms with E-state index in [9.17, 15) is 28.8 Å². The van der Waals surface area contributed by atoms with E-state index >= 15 is 0 Å². The van der Waals surface area contributed by atoms with Crippen LogP contribution >= 0.6 is 11.8 Å². The second-order valence-corrected chi connectivity index (χ2v) is 16.2. The van der Waals surface area contributed by atoms with Gasteiger partial charge in [-0.05, 0) is 47.7 Å². The van der Waals surface area contributed by atoms with E-state index in [0.717, 1.165) is 19.4 Å². The SMILES string of the molecule is CCS[C@@H]1O[C@H](CO[C@H]2O[C@H](COC(C)=O)[C@@H](OC(C)=O)[C@H](OC(C)=O)[C@H]2OCc2ccccc2)[C@H](OC(=O)c2ccccc2)[C@H](OC(=O)c2ccccc2)[C@H]1OC(=O)c1ccccc1. The van der Waals surface area contributed by atoms with Crippen LogP contribution in [0.25, 0.3) is 0 Å². The first-order chi connectivity index (χ1) is 31.4. The summed E-state index contributed by atoms with van der Waals surface area (Å²) >= 11 is 1.24. The van der Waals surface area contributed by atoms with E-state index in [1.807, 2.05) is 13.0 Å². The molecular formula is C48H50O16S. The van der Waals surface area contributed by atoms with Gasteiger partial charge in [0.15, 0.2) is 36.8 Å². The monoisotopic (exact) mass is 914 g/mol. The smallest absolute Gasteiger partial charge is 0.338 e. The van der Waals surface area contributed by atoms with Crippen LogP contribution in [-0.4, -0.2) is 115 Å². The molecule has 4 aromatic rings. The summed E-state index contributed by atoms with van der Waals surface area (Å²) in [5, 5.41) is 0. The molecule has 2 aliphatic rings. The highest BCUT2D eigenvalue weighted by atomic mass is 32.2. The average molecular weight is 915 g/mol. The van der Waals surface area contributed by atoms with Gasteiger partial charge in [-0.1, -0.05) is 91.9 Å². The summed E-state index contributed by atoms with van der Waals surface area (Å²) in [4.78, 5) is 78.9. The second-order valence-electron chi connectivity index (χ2n) is 14.8. The molecule has 0 radical (unpaired) electrons. The quantitative estimate of drug-likeness (QED) is 0.0846. The van der Waals surface area contributed by atoms with E-state index in [2.05, 4.69) is 0 Å². The van der Waals surface area contributed by atoms with Crippen molar-refractivity contribution in [1.29, 1.82) is 0 Å². The van der Waals surface area contributed by atoms with Gasteiger partial charge in [-0.15, -0.1) is 11.8 Å². The first-order valence-corrected chi connectivity index (χ1v) is 21.9. The summed E-state index contributed by atoms with van der Waals surface area (Å²) in [6.07, 6.45) is -12.4. The first kappa shape index (κ1) is 48.3. The van der Waals surface area contributed by atoms with Crippen molar-refractivity contribution in [2.45, 2.75) is 94.9 Å². The van der Waals surface area contributed by atoms with Crippen molar-refractivity contribution in [2.24, 2.45) is 0 Å². The van der Waals surface area contributed by atoms with Crippen molar-refractivity contribution in [3.63, 3.8) is 0 Å². The molecule has 0 N–H and O–H groups in total. The molecule has 0 unspecified atom stereocenters. The van der Waals surface area contributed by atoms with Crippen molar-refractivity contribution in [3.8, 4) is 0 Å². The fourth-order valence-electron chi connectivity index (χ4n) is 7.15. The number of rotatable bonds is 18. The summed E-state index contributed by atoms with van der Waals surface area (Å²) < 4.78 is 61.1. The van der Waals surface area contributed by atoms with Gasteiger partial charge in [0.05, 0.1) is 29.9 Å². The Balaban J connectivity index is 1.40. The number of benzene rings is 4. The minimum absolute atomic E-state index is 0.0493. The van der Waals surface area contributed by atoms with E-state index in [1.165, 1.54) is 30.8 Å². The maximum Gasteiger partial charge on any atom is 0.338 e. The third kappa shape index (κ3) is 13.5. The molecule has 0 saturated carbocycles. The molecule has 17 heteroatoms. The molecule has 2 fully saturated rings. The number of carbonyl (C=O) groups is 6. The molecule has 6 rings (SSSR count). The summed E-state index contributed by atoms with van der Waals surface area (Å²) in [6, 6.07) is 33.4. The summed E-state index contributed by atoms with van der Waals surface area (Å²) in [5.74, 6) is -4.12. The number of esters is 6. The second kappa shape index (κ2) is 23.7. The van der Waals surface area contributed by atoms with Crippen LogP contribution in [0, 0.1) is 0 Å². The standard InChI is InChI=1S/C48H50O16S/c1-5-65-48-43(64-46(54)35-24-16-9-17-25-35)41(63-45(53)34-22-14-8-15-23-34)39(62-44(52)33-20-12-7-13-21-33)37(61-48)28-57-47-42(56-26-32-18-10-6-11-19-32)40(59-31(4)51)38(58-30(3)50)36(60-47)27-55-29(2)49/h6-25,36-43,47-48H,5,26-28H2,1-4H3/t36-,37-,38-,39+,40+,41+,42-,43-,47+,48+/m1/s1. The molecule has 16 nitrogen and oxygen atoms in total. The minimum Gasteiger partial charge on any atom is -0.463 e. The van der Waals surface area contributed by atoms with Gasteiger partial charge in [-0.2, -0.15) is 0 Å². The Morgan fingerprint density at radius 1 is 0.477 bits per heavy atom. The molecule has 0 aliphatic carbocycles. The van der Waals surface area contributed by atoms with Crippen LogP contribution in [-0.2, 0) is 68.4 Å². The Hall–Kier alpha value is -6.11. The third-order valence-corrected chi connectivity index (χ3v) is 11.1. The van der Waals surface area contributed by atoms with Crippen molar-refractivity contribution >= 4 is 47.6 Å². The molecule has 0 bridgehead atoms.